The van der Waals surface area contributed by atoms with Gasteiger partial charge >= 0.3 is 6.09 Å². The summed E-state index contributed by atoms with van der Waals surface area (Å²) in [5.41, 5.74) is 6.30. The molecule has 0 saturated carbocycles. The van der Waals surface area contributed by atoms with E-state index in [0.717, 1.165) is 11.3 Å². The Morgan fingerprint density at radius 3 is 2.55 bits per heavy atom. The summed E-state index contributed by atoms with van der Waals surface area (Å²) in [5.74, 6) is -2.28. The molecule has 3 N–H and O–H groups in total. The highest BCUT2D eigenvalue weighted by molar-refractivity contribution is 7.92. The Labute approximate surface area is 171 Å². The van der Waals surface area contributed by atoms with Crippen LogP contribution in [0.1, 0.15) is 20.8 Å². The maximum absolute atomic E-state index is 12.4. The zero-order valence-corrected chi connectivity index (χ0v) is 17.1. The number of fused-ring (bicyclic) bond motifs is 1. The molecule has 1 aromatic carbocycles. The molecule has 0 unspecified atom stereocenters. The molecule has 2 heterocycles. The lowest BCUT2D eigenvalue weighted by Gasteiger charge is -2.25. The van der Waals surface area contributed by atoms with Crippen LogP contribution in [0.25, 0.3) is 0 Å². The zero-order valence-electron chi connectivity index (χ0n) is 15.5. The molecule has 3 rings (SSSR count). The lowest BCUT2D eigenvalue weighted by Crippen LogP contribution is -2.35. The van der Waals surface area contributed by atoms with Crippen molar-refractivity contribution < 1.29 is 27.5 Å². The number of nitrogens with two attached hydrogens (primary N) is 1. The average Bonchev–Trinajstić information content (AvgIpc) is 3.04. The van der Waals surface area contributed by atoms with Crippen molar-refractivity contribution in [1.29, 1.82) is 0 Å². The number of nitrogens with zero attached hydrogens (tertiary/aromatic N) is 1. The van der Waals surface area contributed by atoms with Crippen molar-refractivity contribution in [3.63, 3.8) is 0 Å². The number of carbonyl (C=O) groups excluding carboxylic acids is 3. The fraction of sp³-hybridized carbons (Fsp3) is 0.278. The van der Waals surface area contributed by atoms with E-state index in [9.17, 15) is 22.8 Å². The van der Waals surface area contributed by atoms with Crippen LogP contribution in [-0.4, -0.2) is 50.6 Å². The van der Waals surface area contributed by atoms with Crippen LogP contribution < -0.4 is 11.1 Å². The van der Waals surface area contributed by atoms with Gasteiger partial charge in [0.1, 0.15) is 10.8 Å². The van der Waals surface area contributed by atoms with Gasteiger partial charge in [-0.25, -0.2) is 13.2 Å². The summed E-state index contributed by atoms with van der Waals surface area (Å²) in [6.45, 7) is 0.553. The van der Waals surface area contributed by atoms with Gasteiger partial charge in [0.15, 0.2) is 9.84 Å². The van der Waals surface area contributed by atoms with Crippen LogP contribution in [0.2, 0.25) is 0 Å². The van der Waals surface area contributed by atoms with Crippen molar-refractivity contribution in [1.82, 2.24) is 4.90 Å². The normalized spacial score (nSPS) is 13.5. The number of carbonyl (C=O) groups is 3. The van der Waals surface area contributed by atoms with Gasteiger partial charge in [-0.05, 0) is 24.1 Å². The molecule has 1 aliphatic rings. The van der Waals surface area contributed by atoms with E-state index in [1.807, 2.05) is 0 Å². The standard InChI is InChI=1S/C18H19N3O6S2/c1-27-18(24)21-8-7-12-13(9-21)28-17(15(12)16(19)23)20-14(22)10-29(25,26)11-5-3-2-4-6-11/h2-6H,7-10H2,1H3,(H2,19,23)(H,20,22). The molecule has 29 heavy (non-hydrogen) atoms. The number of ether oxygens (including phenoxy) is 1. The second-order valence-corrected chi connectivity index (χ2v) is 9.43. The highest BCUT2D eigenvalue weighted by atomic mass is 32.2. The number of benzene rings is 1. The number of rotatable bonds is 5. The summed E-state index contributed by atoms with van der Waals surface area (Å²) < 4.78 is 29.5. The van der Waals surface area contributed by atoms with Crippen LogP contribution in [0, 0.1) is 0 Å². The highest BCUT2D eigenvalue weighted by Crippen LogP contribution is 2.37. The third-order valence-electron chi connectivity index (χ3n) is 4.41. The minimum Gasteiger partial charge on any atom is -0.453 e. The number of amides is 3. The monoisotopic (exact) mass is 437 g/mol. The molecular formula is C18H19N3O6S2. The second-order valence-electron chi connectivity index (χ2n) is 6.33. The number of hydrogen-bond donors (Lipinski definition) is 2. The average molecular weight is 437 g/mol. The highest BCUT2D eigenvalue weighted by Gasteiger charge is 2.30. The summed E-state index contributed by atoms with van der Waals surface area (Å²) in [6, 6.07) is 7.62. The van der Waals surface area contributed by atoms with Crippen molar-refractivity contribution in [2.75, 3.05) is 24.7 Å². The third-order valence-corrected chi connectivity index (χ3v) is 7.18. The number of nitrogens with one attached hydrogen (secondary N) is 1. The number of primary amides is 1. The number of thiophene rings is 1. The van der Waals surface area contributed by atoms with Gasteiger partial charge in [-0.15, -0.1) is 11.3 Å². The van der Waals surface area contributed by atoms with Gasteiger partial charge in [-0.1, -0.05) is 18.2 Å². The van der Waals surface area contributed by atoms with Gasteiger partial charge in [-0.2, -0.15) is 0 Å². The van der Waals surface area contributed by atoms with E-state index >= 15 is 0 Å². The summed E-state index contributed by atoms with van der Waals surface area (Å²) in [5, 5.41) is 2.68. The van der Waals surface area contributed by atoms with Gasteiger partial charge < -0.3 is 20.7 Å². The van der Waals surface area contributed by atoms with Crippen LogP contribution in [0.4, 0.5) is 9.80 Å². The maximum Gasteiger partial charge on any atom is 0.409 e. The van der Waals surface area contributed by atoms with E-state index < -0.39 is 33.5 Å². The maximum atomic E-state index is 12.4. The number of hydrogen-bond acceptors (Lipinski definition) is 7. The Hall–Kier alpha value is -2.92. The largest absolute Gasteiger partial charge is 0.453 e. The Kier molecular flexibility index (Phi) is 5.89. The Bertz CT molecular complexity index is 1060. The minimum absolute atomic E-state index is 0.0319. The first kappa shape index (κ1) is 20.8. The van der Waals surface area contributed by atoms with Crippen molar-refractivity contribution in [2.45, 2.75) is 17.9 Å². The number of anilines is 1. The molecule has 3 amide bonds. The smallest absolute Gasteiger partial charge is 0.409 e. The Balaban J connectivity index is 1.82. The third kappa shape index (κ3) is 4.40. The molecule has 0 fully saturated rings. The molecular weight excluding hydrogens is 418 g/mol. The van der Waals surface area contributed by atoms with Crippen molar-refractivity contribution >= 4 is 44.1 Å². The van der Waals surface area contributed by atoms with Gasteiger partial charge in [0.25, 0.3) is 5.91 Å². The molecule has 9 nitrogen and oxygen atoms in total. The molecule has 11 heteroatoms. The van der Waals surface area contributed by atoms with E-state index in [4.69, 9.17) is 10.5 Å². The molecule has 0 bridgehead atoms. The quantitative estimate of drug-likeness (QED) is 0.725. The van der Waals surface area contributed by atoms with E-state index in [1.54, 1.807) is 18.2 Å². The van der Waals surface area contributed by atoms with E-state index in [1.165, 1.54) is 24.1 Å². The van der Waals surface area contributed by atoms with Crippen molar-refractivity contribution in [3.8, 4) is 0 Å². The summed E-state index contributed by atoms with van der Waals surface area (Å²) >= 11 is 1.10. The lowest BCUT2D eigenvalue weighted by atomic mass is 10.0. The van der Waals surface area contributed by atoms with Crippen LogP contribution in [0.15, 0.2) is 35.2 Å². The Morgan fingerprint density at radius 2 is 1.93 bits per heavy atom. The molecule has 0 aliphatic carbocycles. The first-order valence-corrected chi connectivity index (χ1v) is 11.0. The molecule has 0 saturated heterocycles. The fourth-order valence-electron chi connectivity index (χ4n) is 3.08. The molecule has 0 spiro atoms. The van der Waals surface area contributed by atoms with Gasteiger partial charge in [-0.3, -0.25) is 9.59 Å². The SMILES string of the molecule is COC(=O)N1CCc2c(sc(NC(=O)CS(=O)(=O)c3ccccc3)c2C(N)=O)C1. The van der Waals surface area contributed by atoms with E-state index in [0.29, 0.717) is 23.4 Å². The van der Waals surface area contributed by atoms with E-state index in [-0.39, 0.29) is 22.0 Å². The summed E-state index contributed by atoms with van der Waals surface area (Å²) in [4.78, 5) is 38.3. The predicted octanol–water partition coefficient (Wildman–Crippen LogP) is 1.38. The van der Waals surface area contributed by atoms with Gasteiger partial charge in [0, 0.05) is 11.4 Å². The summed E-state index contributed by atoms with van der Waals surface area (Å²) in [6.07, 6.45) is -0.124. The van der Waals surface area contributed by atoms with Crippen LogP contribution in [0.5, 0.6) is 0 Å². The molecule has 2 aromatic rings. The van der Waals surface area contributed by atoms with Crippen molar-refractivity contribution in [2.24, 2.45) is 5.73 Å². The Morgan fingerprint density at radius 1 is 1.24 bits per heavy atom. The van der Waals surface area contributed by atoms with Gasteiger partial charge in [0.05, 0.1) is 24.1 Å². The second kappa shape index (κ2) is 8.21. The zero-order chi connectivity index (χ0) is 21.2. The molecule has 0 radical (unpaired) electrons. The van der Waals surface area contributed by atoms with Crippen LogP contribution in [-0.2, 0) is 32.3 Å². The molecule has 0 atom stereocenters. The van der Waals surface area contributed by atoms with E-state index in [2.05, 4.69) is 5.32 Å². The first-order chi connectivity index (χ1) is 13.7. The first-order valence-electron chi connectivity index (χ1n) is 8.58. The molecule has 1 aromatic heterocycles. The fourth-order valence-corrected chi connectivity index (χ4v) is 5.52. The van der Waals surface area contributed by atoms with Crippen LogP contribution >= 0.6 is 11.3 Å². The van der Waals surface area contributed by atoms with Crippen molar-refractivity contribution in [3.05, 3.63) is 46.3 Å². The van der Waals surface area contributed by atoms with Crippen LogP contribution in [0.3, 0.4) is 0 Å². The number of methoxy groups -OCH3 is 1. The minimum atomic E-state index is -3.83. The van der Waals surface area contributed by atoms with Gasteiger partial charge in [0.2, 0.25) is 5.91 Å². The lowest BCUT2D eigenvalue weighted by molar-refractivity contribution is -0.113. The summed E-state index contributed by atoms with van der Waals surface area (Å²) in [7, 11) is -2.55. The predicted molar refractivity (Wildman–Crippen MR) is 106 cm³/mol. The molecule has 1 aliphatic heterocycles. The topological polar surface area (TPSA) is 136 Å². The number of sulfone groups is 1. The molecule has 154 valence electrons.